The Balaban J connectivity index is 2.11. The first-order chi connectivity index (χ1) is 16.9. The second kappa shape index (κ2) is 9.33. The van der Waals surface area contributed by atoms with Crippen LogP contribution in [0.1, 0.15) is 23.1 Å². The molecule has 1 aromatic carbocycles. The van der Waals surface area contributed by atoms with Crippen molar-refractivity contribution in [2.45, 2.75) is 28.4 Å². The van der Waals surface area contributed by atoms with Crippen LogP contribution in [0.5, 0.6) is 5.75 Å². The minimum absolute atomic E-state index is 0.289. The number of aromatic hydroxyl groups is 1. The predicted molar refractivity (Wildman–Crippen MR) is 113 cm³/mol. The Kier molecular flexibility index (Phi) is 7.04. The molecule has 18 heteroatoms. The van der Waals surface area contributed by atoms with Crippen LogP contribution in [0.15, 0.2) is 52.4 Å². The van der Waals surface area contributed by atoms with E-state index in [1.54, 1.807) is 0 Å². The van der Waals surface area contributed by atoms with Crippen LogP contribution in [0.25, 0.3) is 5.82 Å². The van der Waals surface area contributed by atoms with Crippen LogP contribution < -0.4 is 5.32 Å². The number of carbonyl (C=O) groups excluding carboxylic acids is 1. The van der Waals surface area contributed by atoms with Crippen molar-refractivity contribution in [1.82, 2.24) is 14.8 Å². The summed E-state index contributed by atoms with van der Waals surface area (Å²) >= 11 is 0. The van der Waals surface area contributed by atoms with Crippen molar-refractivity contribution in [2.75, 3.05) is 11.1 Å². The first-order valence-electron chi connectivity index (χ1n) is 9.71. The SMILES string of the molecule is CCS(=O)(=O)c1ccc(-n2ccc(C(F)(F)F)n2)nc1C(=O)Nc1cc(S(=O)(=O)C(F)(F)F)ccc1O. The summed E-state index contributed by atoms with van der Waals surface area (Å²) < 4.78 is 126. The highest BCUT2D eigenvalue weighted by Gasteiger charge is 2.47. The molecule has 0 bridgehead atoms. The molecule has 3 rings (SSSR count). The fraction of sp³-hybridized carbons (Fsp3) is 0.211. The molecule has 0 aliphatic heterocycles. The molecule has 0 atom stereocenters. The van der Waals surface area contributed by atoms with Gasteiger partial charge in [0.05, 0.1) is 21.2 Å². The average Bonchev–Trinajstić information content (AvgIpc) is 3.30. The number of hydrogen-bond donors (Lipinski definition) is 2. The van der Waals surface area contributed by atoms with Crippen LogP contribution in [0.2, 0.25) is 0 Å². The van der Waals surface area contributed by atoms with Crippen molar-refractivity contribution < 1.29 is 53.1 Å². The largest absolute Gasteiger partial charge is 0.506 e. The van der Waals surface area contributed by atoms with Gasteiger partial charge < -0.3 is 10.4 Å². The summed E-state index contributed by atoms with van der Waals surface area (Å²) in [6, 6.07) is 3.66. The summed E-state index contributed by atoms with van der Waals surface area (Å²) in [6.45, 7) is 1.21. The van der Waals surface area contributed by atoms with Crippen molar-refractivity contribution in [3.8, 4) is 11.6 Å². The Morgan fingerprint density at radius 1 is 1.03 bits per heavy atom. The highest BCUT2D eigenvalue weighted by atomic mass is 32.2. The van der Waals surface area contributed by atoms with Crippen LogP contribution in [-0.4, -0.2) is 53.9 Å². The van der Waals surface area contributed by atoms with Crippen molar-refractivity contribution in [3.05, 3.63) is 54.0 Å². The molecule has 3 aromatic rings. The number of nitrogens with one attached hydrogen (secondary N) is 1. The number of carbonyl (C=O) groups is 1. The Labute approximate surface area is 204 Å². The molecule has 2 aromatic heterocycles. The molecule has 2 heterocycles. The molecule has 0 fully saturated rings. The number of sulfone groups is 2. The van der Waals surface area contributed by atoms with E-state index in [0.717, 1.165) is 18.3 Å². The molecule has 0 spiro atoms. The number of phenolic OH excluding ortho intramolecular Hbond substituents is 1. The van der Waals surface area contributed by atoms with Gasteiger partial charge in [-0.2, -0.15) is 31.4 Å². The summed E-state index contributed by atoms with van der Waals surface area (Å²) in [5.41, 5.74) is -8.78. The Bertz CT molecular complexity index is 1580. The van der Waals surface area contributed by atoms with Gasteiger partial charge in [-0.15, -0.1) is 0 Å². The van der Waals surface area contributed by atoms with Gasteiger partial charge in [-0.05, 0) is 36.4 Å². The van der Waals surface area contributed by atoms with E-state index in [4.69, 9.17) is 0 Å². The maximum Gasteiger partial charge on any atom is 0.501 e. The molecule has 0 aliphatic carbocycles. The maximum absolute atomic E-state index is 12.9. The standard InChI is InChI=1S/C19H14F6N4O6S2/c1-2-36(32,33)13-5-6-15(29-8-7-14(28-29)18(20,21)22)27-16(13)17(31)26-11-9-10(3-4-12(11)30)37(34,35)19(23,24)25/h3-9,30H,2H2,1H3,(H,26,31). The molecule has 200 valence electrons. The molecule has 10 nitrogen and oxygen atoms in total. The number of rotatable bonds is 6. The number of alkyl halides is 6. The van der Waals surface area contributed by atoms with Gasteiger partial charge in [0.25, 0.3) is 15.7 Å². The molecule has 0 aliphatic rings. The molecule has 0 saturated carbocycles. The van der Waals surface area contributed by atoms with Gasteiger partial charge in [0.1, 0.15) is 11.4 Å². The maximum atomic E-state index is 12.9. The fourth-order valence-electron chi connectivity index (χ4n) is 2.83. The summed E-state index contributed by atoms with van der Waals surface area (Å²) in [6.07, 6.45) is -3.99. The van der Waals surface area contributed by atoms with Gasteiger partial charge in [-0.1, -0.05) is 6.92 Å². The van der Waals surface area contributed by atoms with E-state index in [1.165, 1.54) is 6.92 Å². The van der Waals surface area contributed by atoms with E-state index >= 15 is 0 Å². The van der Waals surface area contributed by atoms with Crippen molar-refractivity contribution in [3.63, 3.8) is 0 Å². The number of halogens is 6. The molecule has 0 radical (unpaired) electrons. The molecular weight excluding hydrogens is 558 g/mol. The van der Waals surface area contributed by atoms with E-state index in [2.05, 4.69) is 10.1 Å². The number of pyridine rings is 1. The highest BCUT2D eigenvalue weighted by molar-refractivity contribution is 7.92. The number of hydrogen-bond acceptors (Lipinski definition) is 8. The normalized spacial score (nSPS) is 12.9. The summed E-state index contributed by atoms with van der Waals surface area (Å²) in [7, 11) is -10.1. The van der Waals surface area contributed by atoms with Gasteiger partial charge in [0, 0.05) is 6.20 Å². The van der Waals surface area contributed by atoms with E-state index < -0.39 is 81.5 Å². The van der Waals surface area contributed by atoms with E-state index in [9.17, 15) is 53.1 Å². The zero-order valence-electron chi connectivity index (χ0n) is 18.2. The Morgan fingerprint density at radius 2 is 1.68 bits per heavy atom. The van der Waals surface area contributed by atoms with Gasteiger partial charge in [-0.25, -0.2) is 26.5 Å². The summed E-state index contributed by atoms with van der Waals surface area (Å²) in [5, 5.41) is 15.1. The molecule has 2 N–H and O–H groups in total. The third-order valence-corrected chi connectivity index (χ3v) is 7.96. The monoisotopic (exact) mass is 572 g/mol. The minimum atomic E-state index is -5.88. The molecule has 0 saturated heterocycles. The Hall–Kier alpha value is -3.67. The second-order valence-electron chi connectivity index (χ2n) is 7.15. The predicted octanol–water partition coefficient (Wildman–Crippen LogP) is 3.33. The van der Waals surface area contributed by atoms with Crippen molar-refractivity contribution in [2.24, 2.45) is 0 Å². The first kappa shape index (κ1) is 27.9. The van der Waals surface area contributed by atoms with Gasteiger partial charge in [0.15, 0.2) is 21.3 Å². The summed E-state index contributed by atoms with van der Waals surface area (Å²) in [4.78, 5) is 14.6. The van der Waals surface area contributed by atoms with Crippen LogP contribution in [-0.2, 0) is 25.9 Å². The van der Waals surface area contributed by atoms with Crippen molar-refractivity contribution >= 4 is 31.3 Å². The zero-order valence-corrected chi connectivity index (χ0v) is 19.8. The van der Waals surface area contributed by atoms with E-state index in [0.29, 0.717) is 22.9 Å². The second-order valence-corrected chi connectivity index (χ2v) is 11.3. The number of nitrogens with zero attached hydrogens (tertiary/aromatic N) is 3. The van der Waals surface area contributed by atoms with Gasteiger partial charge in [-0.3, -0.25) is 4.79 Å². The molecule has 1 amide bonds. The van der Waals surface area contributed by atoms with Crippen LogP contribution in [0.4, 0.5) is 32.0 Å². The van der Waals surface area contributed by atoms with E-state index in [1.807, 2.05) is 5.32 Å². The molecular formula is C19H14F6N4O6S2. The lowest BCUT2D eigenvalue weighted by molar-refractivity contribution is -0.141. The third-order valence-electron chi connectivity index (χ3n) is 4.72. The molecule has 37 heavy (non-hydrogen) atoms. The highest BCUT2D eigenvalue weighted by Crippen LogP contribution is 2.35. The van der Waals surface area contributed by atoms with Crippen LogP contribution in [0, 0.1) is 0 Å². The number of aromatic nitrogens is 3. The van der Waals surface area contributed by atoms with Crippen molar-refractivity contribution in [1.29, 1.82) is 0 Å². The number of amides is 1. The number of phenols is 1. The number of benzene rings is 1. The number of anilines is 1. The topological polar surface area (TPSA) is 148 Å². The van der Waals surface area contributed by atoms with Crippen LogP contribution >= 0.6 is 0 Å². The first-order valence-corrected chi connectivity index (χ1v) is 12.8. The lowest BCUT2D eigenvalue weighted by Gasteiger charge is -2.14. The third kappa shape index (κ3) is 5.53. The smallest absolute Gasteiger partial charge is 0.501 e. The zero-order chi connectivity index (χ0) is 28.0. The van der Waals surface area contributed by atoms with E-state index in [-0.39, 0.29) is 6.07 Å². The minimum Gasteiger partial charge on any atom is -0.506 e. The average molecular weight is 572 g/mol. The molecule has 0 unspecified atom stereocenters. The van der Waals surface area contributed by atoms with Crippen LogP contribution in [0.3, 0.4) is 0 Å². The lowest BCUT2D eigenvalue weighted by atomic mass is 10.2. The Morgan fingerprint density at radius 3 is 2.22 bits per heavy atom. The van der Waals surface area contributed by atoms with Gasteiger partial charge in [0.2, 0.25) is 0 Å². The quantitative estimate of drug-likeness (QED) is 0.338. The fourth-order valence-corrected chi connectivity index (χ4v) is 4.64. The summed E-state index contributed by atoms with van der Waals surface area (Å²) in [5.74, 6) is -3.30. The van der Waals surface area contributed by atoms with Gasteiger partial charge >= 0.3 is 11.7 Å². The lowest BCUT2D eigenvalue weighted by Crippen LogP contribution is -2.24.